The molecule has 106 valence electrons. The number of likely N-dealkylation sites (N-methyl/N-ethyl adjacent to an activating group) is 1. The molecule has 20 heavy (non-hydrogen) atoms. The summed E-state index contributed by atoms with van der Waals surface area (Å²) >= 11 is 0. The third-order valence-corrected chi connectivity index (χ3v) is 3.15. The van der Waals surface area contributed by atoms with E-state index in [1.54, 1.807) is 7.11 Å². The molecule has 0 saturated heterocycles. The van der Waals surface area contributed by atoms with E-state index in [-0.39, 0.29) is 0 Å². The highest BCUT2D eigenvalue weighted by Gasteiger charge is 1.98. The maximum atomic E-state index is 5.77. The SMILES string of the molecule is CNCCc1ccc(OCc2ccc(OC)cc2)cc1. The van der Waals surface area contributed by atoms with Gasteiger partial charge in [0.2, 0.25) is 0 Å². The van der Waals surface area contributed by atoms with Gasteiger partial charge in [-0.05, 0) is 55.4 Å². The lowest BCUT2D eigenvalue weighted by Crippen LogP contribution is -2.10. The van der Waals surface area contributed by atoms with Crippen LogP contribution in [0.25, 0.3) is 0 Å². The van der Waals surface area contributed by atoms with Crippen LogP contribution in [0.1, 0.15) is 11.1 Å². The van der Waals surface area contributed by atoms with Gasteiger partial charge in [0.15, 0.2) is 0 Å². The lowest BCUT2D eigenvalue weighted by molar-refractivity contribution is 0.306. The van der Waals surface area contributed by atoms with Crippen LogP contribution in [0.3, 0.4) is 0 Å². The van der Waals surface area contributed by atoms with Crippen molar-refractivity contribution in [1.82, 2.24) is 5.32 Å². The highest BCUT2D eigenvalue weighted by atomic mass is 16.5. The van der Waals surface area contributed by atoms with Gasteiger partial charge in [-0.15, -0.1) is 0 Å². The monoisotopic (exact) mass is 271 g/mol. The summed E-state index contributed by atoms with van der Waals surface area (Å²) in [6.45, 7) is 1.56. The fourth-order valence-corrected chi connectivity index (χ4v) is 1.91. The molecule has 3 heteroatoms. The van der Waals surface area contributed by atoms with Gasteiger partial charge in [-0.2, -0.15) is 0 Å². The number of hydrogen-bond acceptors (Lipinski definition) is 3. The summed E-state index contributed by atoms with van der Waals surface area (Å²) in [4.78, 5) is 0. The van der Waals surface area contributed by atoms with Gasteiger partial charge < -0.3 is 14.8 Å². The largest absolute Gasteiger partial charge is 0.497 e. The van der Waals surface area contributed by atoms with Crippen molar-refractivity contribution < 1.29 is 9.47 Å². The summed E-state index contributed by atoms with van der Waals surface area (Å²) < 4.78 is 10.9. The first-order valence-electron chi connectivity index (χ1n) is 6.81. The Bertz CT molecular complexity index is 506. The maximum absolute atomic E-state index is 5.77. The van der Waals surface area contributed by atoms with E-state index < -0.39 is 0 Å². The molecular formula is C17H21NO2. The Labute approximate surface area is 120 Å². The summed E-state index contributed by atoms with van der Waals surface area (Å²) in [6.07, 6.45) is 1.04. The molecule has 0 spiro atoms. The van der Waals surface area contributed by atoms with E-state index in [1.807, 2.05) is 43.4 Å². The van der Waals surface area contributed by atoms with Crippen LogP contribution in [-0.2, 0) is 13.0 Å². The lowest BCUT2D eigenvalue weighted by Gasteiger charge is -2.08. The van der Waals surface area contributed by atoms with Crippen LogP contribution in [0, 0.1) is 0 Å². The van der Waals surface area contributed by atoms with Crippen LogP contribution in [0.5, 0.6) is 11.5 Å². The van der Waals surface area contributed by atoms with Gasteiger partial charge in [0, 0.05) is 0 Å². The molecule has 0 aliphatic carbocycles. The van der Waals surface area contributed by atoms with E-state index in [1.165, 1.54) is 5.56 Å². The Kier molecular flexibility index (Phi) is 5.44. The first-order valence-corrected chi connectivity index (χ1v) is 6.81. The molecule has 0 unspecified atom stereocenters. The standard InChI is InChI=1S/C17H21NO2/c1-18-12-11-14-3-9-17(10-4-14)20-13-15-5-7-16(19-2)8-6-15/h3-10,18H,11-13H2,1-2H3. The second-order valence-electron chi connectivity index (χ2n) is 4.63. The molecule has 0 fully saturated rings. The Balaban J connectivity index is 1.86. The van der Waals surface area contributed by atoms with Gasteiger partial charge in [0.1, 0.15) is 18.1 Å². The van der Waals surface area contributed by atoms with E-state index >= 15 is 0 Å². The van der Waals surface area contributed by atoms with Crippen LogP contribution in [0.4, 0.5) is 0 Å². The van der Waals surface area contributed by atoms with Crippen molar-refractivity contribution in [3.05, 3.63) is 59.7 Å². The normalized spacial score (nSPS) is 10.3. The van der Waals surface area contributed by atoms with Crippen molar-refractivity contribution >= 4 is 0 Å². The summed E-state index contributed by atoms with van der Waals surface area (Å²) in [6, 6.07) is 16.2. The van der Waals surface area contributed by atoms with E-state index in [9.17, 15) is 0 Å². The Morgan fingerprint density at radius 1 is 0.850 bits per heavy atom. The fraction of sp³-hybridized carbons (Fsp3) is 0.294. The maximum Gasteiger partial charge on any atom is 0.119 e. The molecule has 2 aromatic carbocycles. The third kappa shape index (κ3) is 4.28. The zero-order chi connectivity index (χ0) is 14.2. The third-order valence-electron chi connectivity index (χ3n) is 3.15. The molecule has 0 bridgehead atoms. The second-order valence-corrected chi connectivity index (χ2v) is 4.63. The first kappa shape index (κ1) is 14.4. The van der Waals surface area contributed by atoms with Crippen LogP contribution in [-0.4, -0.2) is 20.7 Å². The van der Waals surface area contributed by atoms with Gasteiger partial charge in [0.05, 0.1) is 7.11 Å². The quantitative estimate of drug-likeness (QED) is 0.839. The van der Waals surface area contributed by atoms with Gasteiger partial charge in [-0.3, -0.25) is 0 Å². The smallest absolute Gasteiger partial charge is 0.119 e. The summed E-state index contributed by atoms with van der Waals surface area (Å²) in [7, 11) is 3.63. The zero-order valence-electron chi connectivity index (χ0n) is 12.1. The molecule has 2 rings (SSSR count). The van der Waals surface area contributed by atoms with E-state index in [2.05, 4.69) is 17.4 Å². The van der Waals surface area contributed by atoms with Crippen LogP contribution in [0.15, 0.2) is 48.5 Å². The van der Waals surface area contributed by atoms with Gasteiger partial charge >= 0.3 is 0 Å². The minimum absolute atomic E-state index is 0.569. The summed E-state index contributed by atoms with van der Waals surface area (Å²) in [5, 5.41) is 3.15. The topological polar surface area (TPSA) is 30.5 Å². The highest BCUT2D eigenvalue weighted by Crippen LogP contribution is 2.16. The minimum atomic E-state index is 0.569. The molecule has 0 atom stereocenters. The number of ether oxygens (including phenoxy) is 2. The lowest BCUT2D eigenvalue weighted by atomic mass is 10.1. The van der Waals surface area contributed by atoms with Gasteiger partial charge in [-0.1, -0.05) is 24.3 Å². The number of benzene rings is 2. The van der Waals surface area contributed by atoms with Crippen LogP contribution < -0.4 is 14.8 Å². The van der Waals surface area contributed by atoms with Crippen molar-refractivity contribution in [3.63, 3.8) is 0 Å². The van der Waals surface area contributed by atoms with Crippen molar-refractivity contribution in [2.75, 3.05) is 20.7 Å². The van der Waals surface area contributed by atoms with Crippen molar-refractivity contribution in [2.24, 2.45) is 0 Å². The predicted molar refractivity (Wildman–Crippen MR) is 81.4 cm³/mol. The summed E-state index contributed by atoms with van der Waals surface area (Å²) in [5.41, 5.74) is 2.45. The number of hydrogen-bond donors (Lipinski definition) is 1. The first-order chi connectivity index (χ1) is 9.81. The Morgan fingerprint density at radius 2 is 1.45 bits per heavy atom. The molecule has 3 nitrogen and oxygen atoms in total. The Hall–Kier alpha value is -2.00. The molecule has 0 aliphatic heterocycles. The molecule has 1 N–H and O–H groups in total. The molecule has 0 aromatic heterocycles. The van der Waals surface area contributed by atoms with Crippen molar-refractivity contribution in [2.45, 2.75) is 13.0 Å². The van der Waals surface area contributed by atoms with E-state index in [0.717, 1.165) is 30.0 Å². The Morgan fingerprint density at radius 3 is 2.05 bits per heavy atom. The molecular weight excluding hydrogens is 250 g/mol. The molecule has 0 heterocycles. The number of nitrogens with one attached hydrogen (secondary N) is 1. The zero-order valence-corrected chi connectivity index (χ0v) is 12.1. The van der Waals surface area contributed by atoms with Gasteiger partial charge in [-0.25, -0.2) is 0 Å². The van der Waals surface area contributed by atoms with Crippen molar-refractivity contribution in [3.8, 4) is 11.5 Å². The molecule has 0 amide bonds. The van der Waals surface area contributed by atoms with Gasteiger partial charge in [0.25, 0.3) is 0 Å². The molecule has 0 aliphatic rings. The fourth-order valence-electron chi connectivity index (χ4n) is 1.91. The average Bonchev–Trinajstić information content (AvgIpc) is 2.52. The average molecular weight is 271 g/mol. The van der Waals surface area contributed by atoms with E-state index in [4.69, 9.17) is 9.47 Å². The number of rotatable bonds is 7. The molecule has 0 saturated carbocycles. The van der Waals surface area contributed by atoms with Crippen LogP contribution >= 0.6 is 0 Å². The molecule has 2 aromatic rings. The van der Waals surface area contributed by atoms with Crippen molar-refractivity contribution in [1.29, 1.82) is 0 Å². The van der Waals surface area contributed by atoms with Crippen LogP contribution in [0.2, 0.25) is 0 Å². The summed E-state index contributed by atoms with van der Waals surface area (Å²) in [5.74, 6) is 1.76. The molecule has 0 radical (unpaired) electrons. The highest BCUT2D eigenvalue weighted by molar-refractivity contribution is 5.29. The van der Waals surface area contributed by atoms with E-state index in [0.29, 0.717) is 6.61 Å². The predicted octanol–water partition coefficient (Wildman–Crippen LogP) is 3.04. The number of methoxy groups -OCH3 is 1. The second kappa shape index (κ2) is 7.56. The minimum Gasteiger partial charge on any atom is -0.497 e.